The van der Waals surface area contributed by atoms with Gasteiger partial charge in [-0.15, -0.1) is 22.9 Å². The molecule has 0 radical (unpaired) electrons. The Bertz CT molecular complexity index is 385. The monoisotopic (exact) mass is 258 g/mol. The lowest BCUT2D eigenvalue weighted by Gasteiger charge is -2.27. The van der Waals surface area contributed by atoms with Crippen LogP contribution in [0.3, 0.4) is 0 Å². The van der Waals surface area contributed by atoms with Gasteiger partial charge in [-0.25, -0.2) is 4.98 Å². The van der Waals surface area contributed by atoms with Crippen LogP contribution < -0.4 is 5.32 Å². The smallest absolute Gasteiger partial charge is 0.263 e. The molecule has 0 bridgehead atoms. The second-order valence-electron chi connectivity index (χ2n) is 4.34. The fraction of sp³-hybridized carbons (Fsp3) is 0.636. The number of amides is 1. The van der Waals surface area contributed by atoms with Crippen molar-refractivity contribution in [1.29, 1.82) is 0 Å². The first-order valence-electron chi connectivity index (χ1n) is 5.45. The summed E-state index contributed by atoms with van der Waals surface area (Å²) >= 11 is 7.37. The Morgan fingerprint density at radius 2 is 2.31 bits per heavy atom. The molecule has 1 saturated carbocycles. The highest BCUT2D eigenvalue weighted by molar-refractivity contribution is 7.11. The Hall–Kier alpha value is -0.610. The molecule has 2 rings (SSSR count). The lowest BCUT2D eigenvalue weighted by Crippen LogP contribution is -2.47. The molecule has 1 aromatic heterocycles. The van der Waals surface area contributed by atoms with E-state index in [-0.39, 0.29) is 11.4 Å². The van der Waals surface area contributed by atoms with Crippen molar-refractivity contribution in [2.75, 3.05) is 5.88 Å². The summed E-state index contributed by atoms with van der Waals surface area (Å²) in [5.41, 5.74) is 2.31. The molecule has 1 heterocycles. The van der Waals surface area contributed by atoms with Gasteiger partial charge in [-0.2, -0.15) is 0 Å². The van der Waals surface area contributed by atoms with Crippen LogP contribution in [0.25, 0.3) is 0 Å². The standard InChI is InChI=1S/C11H15ClN2OS/c1-8-9(16-7-13-8)10(15)14-11(6-12)4-2-3-5-11/h7H,2-6H2,1H3,(H,14,15). The summed E-state index contributed by atoms with van der Waals surface area (Å²) in [7, 11) is 0. The molecule has 0 atom stereocenters. The van der Waals surface area contributed by atoms with E-state index in [1.165, 1.54) is 11.3 Å². The third kappa shape index (κ3) is 2.23. The summed E-state index contributed by atoms with van der Waals surface area (Å²) in [5.74, 6) is 0.471. The molecule has 0 unspecified atom stereocenters. The van der Waals surface area contributed by atoms with Crippen molar-refractivity contribution in [2.45, 2.75) is 38.1 Å². The SMILES string of the molecule is Cc1ncsc1C(=O)NC1(CCl)CCCC1. The zero-order valence-corrected chi connectivity index (χ0v) is 10.8. The summed E-state index contributed by atoms with van der Waals surface area (Å²) in [4.78, 5) is 16.8. The quantitative estimate of drug-likeness (QED) is 0.847. The maximum Gasteiger partial charge on any atom is 0.263 e. The highest BCUT2D eigenvalue weighted by Gasteiger charge is 2.35. The number of nitrogens with one attached hydrogen (secondary N) is 1. The van der Waals surface area contributed by atoms with E-state index in [2.05, 4.69) is 10.3 Å². The molecule has 0 aromatic carbocycles. The third-order valence-corrected chi connectivity index (χ3v) is 4.59. The fourth-order valence-corrected chi connectivity index (χ4v) is 3.19. The number of aromatic nitrogens is 1. The van der Waals surface area contributed by atoms with Crippen molar-refractivity contribution < 1.29 is 4.79 Å². The van der Waals surface area contributed by atoms with E-state index in [9.17, 15) is 4.79 Å². The van der Waals surface area contributed by atoms with Crippen LogP contribution in [0.5, 0.6) is 0 Å². The van der Waals surface area contributed by atoms with Gasteiger partial charge in [0.05, 0.1) is 16.7 Å². The number of rotatable bonds is 3. The average molecular weight is 259 g/mol. The number of carbonyl (C=O) groups excluding carboxylic acids is 1. The van der Waals surface area contributed by atoms with Gasteiger partial charge in [0.15, 0.2) is 0 Å². The number of aryl methyl sites for hydroxylation is 1. The maximum atomic E-state index is 12.0. The Kier molecular flexibility index (Phi) is 3.50. The van der Waals surface area contributed by atoms with Crippen LogP contribution in [0.15, 0.2) is 5.51 Å². The zero-order valence-electron chi connectivity index (χ0n) is 9.25. The van der Waals surface area contributed by atoms with E-state index < -0.39 is 0 Å². The van der Waals surface area contributed by atoms with Gasteiger partial charge in [0.2, 0.25) is 0 Å². The van der Waals surface area contributed by atoms with Crippen molar-refractivity contribution in [3.63, 3.8) is 0 Å². The second kappa shape index (κ2) is 4.72. The van der Waals surface area contributed by atoms with Crippen LogP contribution in [0, 0.1) is 6.92 Å². The molecule has 1 fully saturated rings. The van der Waals surface area contributed by atoms with E-state index in [1.807, 2.05) is 6.92 Å². The van der Waals surface area contributed by atoms with Gasteiger partial charge in [-0.05, 0) is 19.8 Å². The summed E-state index contributed by atoms with van der Waals surface area (Å²) in [6, 6.07) is 0. The van der Waals surface area contributed by atoms with Crippen molar-refractivity contribution >= 4 is 28.8 Å². The molecule has 1 aliphatic rings. The van der Waals surface area contributed by atoms with Crippen LogP contribution in [-0.4, -0.2) is 22.3 Å². The number of alkyl halides is 1. The molecule has 1 N–H and O–H groups in total. The van der Waals surface area contributed by atoms with Gasteiger partial charge >= 0.3 is 0 Å². The molecule has 3 nitrogen and oxygen atoms in total. The maximum absolute atomic E-state index is 12.0. The Morgan fingerprint density at radius 1 is 1.62 bits per heavy atom. The molecule has 5 heteroatoms. The number of hydrogen-bond acceptors (Lipinski definition) is 3. The summed E-state index contributed by atoms with van der Waals surface area (Å²) in [6.07, 6.45) is 4.27. The van der Waals surface area contributed by atoms with Crippen LogP contribution in [-0.2, 0) is 0 Å². The minimum absolute atomic E-state index is 0.0254. The first-order valence-corrected chi connectivity index (χ1v) is 6.87. The first-order chi connectivity index (χ1) is 7.67. The highest BCUT2D eigenvalue weighted by Crippen LogP contribution is 2.31. The molecule has 0 aliphatic heterocycles. The van der Waals surface area contributed by atoms with E-state index in [0.717, 1.165) is 31.4 Å². The third-order valence-electron chi connectivity index (χ3n) is 3.15. The lowest BCUT2D eigenvalue weighted by atomic mass is 10.0. The topological polar surface area (TPSA) is 42.0 Å². The van der Waals surface area contributed by atoms with Gasteiger partial charge < -0.3 is 5.32 Å². The lowest BCUT2D eigenvalue weighted by molar-refractivity contribution is 0.0913. The Morgan fingerprint density at radius 3 is 2.81 bits per heavy atom. The molecule has 1 amide bonds. The second-order valence-corrected chi connectivity index (χ2v) is 5.46. The summed E-state index contributed by atoms with van der Waals surface area (Å²) in [5, 5.41) is 3.08. The van der Waals surface area contributed by atoms with Crippen molar-refractivity contribution in [3.05, 3.63) is 16.1 Å². The molecule has 16 heavy (non-hydrogen) atoms. The van der Waals surface area contributed by atoms with Crippen LogP contribution in [0.1, 0.15) is 41.0 Å². The van der Waals surface area contributed by atoms with Gasteiger partial charge in [-0.3, -0.25) is 4.79 Å². The van der Waals surface area contributed by atoms with Gasteiger partial charge in [0.25, 0.3) is 5.91 Å². The summed E-state index contributed by atoms with van der Waals surface area (Å²) < 4.78 is 0. The van der Waals surface area contributed by atoms with Gasteiger partial charge in [0, 0.05) is 5.88 Å². The molecule has 0 spiro atoms. The van der Waals surface area contributed by atoms with E-state index in [4.69, 9.17) is 11.6 Å². The van der Waals surface area contributed by atoms with Gasteiger partial charge in [0.1, 0.15) is 4.88 Å². The molecule has 1 aromatic rings. The first kappa shape index (κ1) is 11.9. The normalized spacial score (nSPS) is 18.6. The molecular weight excluding hydrogens is 244 g/mol. The molecule has 1 aliphatic carbocycles. The summed E-state index contributed by atoms with van der Waals surface area (Å²) in [6.45, 7) is 1.85. The van der Waals surface area contributed by atoms with Crippen LogP contribution >= 0.6 is 22.9 Å². The predicted octanol–water partition coefficient (Wildman–Crippen LogP) is 2.73. The minimum atomic E-state index is -0.185. The van der Waals surface area contributed by atoms with Gasteiger partial charge in [-0.1, -0.05) is 12.8 Å². The Labute approximate surface area is 104 Å². The number of thiazole rings is 1. The minimum Gasteiger partial charge on any atom is -0.345 e. The largest absolute Gasteiger partial charge is 0.345 e. The molecular formula is C11H15ClN2OS. The van der Waals surface area contributed by atoms with E-state index in [1.54, 1.807) is 5.51 Å². The van der Waals surface area contributed by atoms with E-state index in [0.29, 0.717) is 10.8 Å². The van der Waals surface area contributed by atoms with Crippen molar-refractivity contribution in [2.24, 2.45) is 0 Å². The molecule has 88 valence electrons. The Balaban J connectivity index is 2.09. The molecule has 0 saturated heterocycles. The zero-order chi connectivity index (χ0) is 11.6. The number of nitrogens with zero attached hydrogens (tertiary/aromatic N) is 1. The van der Waals surface area contributed by atoms with Crippen molar-refractivity contribution in [3.8, 4) is 0 Å². The number of carbonyl (C=O) groups is 1. The van der Waals surface area contributed by atoms with Crippen molar-refractivity contribution in [1.82, 2.24) is 10.3 Å². The fourth-order valence-electron chi connectivity index (χ4n) is 2.16. The predicted molar refractivity (Wildman–Crippen MR) is 66.2 cm³/mol. The van der Waals surface area contributed by atoms with E-state index >= 15 is 0 Å². The highest BCUT2D eigenvalue weighted by atomic mass is 35.5. The number of hydrogen-bond donors (Lipinski definition) is 1. The average Bonchev–Trinajstić information content (AvgIpc) is 2.87. The van der Waals surface area contributed by atoms with Crippen LogP contribution in [0.2, 0.25) is 0 Å². The van der Waals surface area contributed by atoms with Crippen LogP contribution in [0.4, 0.5) is 0 Å². The number of halogens is 1.